The molecule has 4 aromatic carbocycles. The van der Waals surface area contributed by atoms with Crippen LogP contribution in [-0.2, 0) is 25.2 Å². The predicted octanol–water partition coefficient (Wildman–Crippen LogP) is 6.00. The molecule has 5 rings (SSSR count). The average Bonchev–Trinajstić information content (AvgIpc) is 3.20. The zero-order chi connectivity index (χ0) is 40.6. The van der Waals surface area contributed by atoms with Crippen LogP contribution in [0.4, 0.5) is 30.5 Å². The molecule has 57 heavy (non-hydrogen) atoms. The third-order valence-corrected chi connectivity index (χ3v) is 8.43. The minimum atomic E-state index is -4.55. The monoisotopic (exact) mass is 787 g/mol. The van der Waals surface area contributed by atoms with Crippen molar-refractivity contribution < 1.29 is 41.8 Å². The minimum Gasteiger partial charge on any atom is -0.492 e. The van der Waals surface area contributed by atoms with Crippen molar-refractivity contribution in [1.82, 2.24) is 20.6 Å². The van der Waals surface area contributed by atoms with E-state index in [9.17, 15) is 27.6 Å². The SMILES string of the molecule is Cc1ccc(NC(=O)c2cccc(C(F)(F)F)c2)cc1-c1ccc2nc(Nc3ccc(OCCNC(=O)CCOCCOCCC(=O)NCCN)cc3)ncc2c1. The van der Waals surface area contributed by atoms with Crippen molar-refractivity contribution in [2.24, 2.45) is 5.73 Å². The molecule has 0 aliphatic carbocycles. The summed E-state index contributed by atoms with van der Waals surface area (Å²) in [5, 5.41) is 12.1. The summed E-state index contributed by atoms with van der Waals surface area (Å²) in [5.41, 5.74) is 8.83. The molecule has 0 unspecified atom stereocenters. The van der Waals surface area contributed by atoms with E-state index in [0.717, 1.165) is 39.9 Å². The number of aryl methyl sites for hydroxylation is 1. The number of benzene rings is 4. The van der Waals surface area contributed by atoms with Crippen LogP contribution < -0.4 is 31.7 Å². The maximum Gasteiger partial charge on any atom is 0.416 e. The van der Waals surface area contributed by atoms with Crippen molar-refractivity contribution >= 4 is 45.9 Å². The third kappa shape index (κ3) is 13.3. The standard InChI is InChI=1S/C41H44F3N7O6/c1-27-5-7-33(49-39(54)29-3-2-4-31(24-29)41(42,43)44)25-35(27)28-6-12-36-30(23-28)26-48-40(51-36)50-32-8-10-34(11-9-32)57-20-17-47-38(53)14-19-56-22-21-55-18-13-37(52)46-16-15-45/h2-12,23-26H,13-22,45H2,1H3,(H,46,52)(H,47,53)(H,49,54)(H,48,50,51). The van der Waals surface area contributed by atoms with Crippen LogP contribution in [0.5, 0.6) is 5.75 Å². The summed E-state index contributed by atoms with van der Waals surface area (Å²) < 4.78 is 56.0. The number of nitrogens with one attached hydrogen (secondary N) is 4. The first-order chi connectivity index (χ1) is 27.5. The molecule has 1 aromatic heterocycles. The molecule has 16 heteroatoms. The van der Waals surface area contributed by atoms with Crippen LogP contribution in [0.2, 0.25) is 0 Å². The lowest BCUT2D eigenvalue weighted by Crippen LogP contribution is -2.29. The molecule has 0 spiro atoms. The van der Waals surface area contributed by atoms with E-state index in [1.54, 1.807) is 30.5 Å². The summed E-state index contributed by atoms with van der Waals surface area (Å²) in [4.78, 5) is 45.4. The van der Waals surface area contributed by atoms with E-state index in [1.165, 1.54) is 12.1 Å². The Balaban J connectivity index is 1.04. The molecule has 1 heterocycles. The number of amides is 3. The first-order valence-electron chi connectivity index (χ1n) is 18.2. The largest absolute Gasteiger partial charge is 0.492 e. The number of fused-ring (bicyclic) bond motifs is 1. The minimum absolute atomic E-state index is 0.0967. The Kier molecular flexibility index (Phi) is 15.3. The van der Waals surface area contributed by atoms with E-state index in [-0.39, 0.29) is 50.0 Å². The molecule has 0 saturated heterocycles. The van der Waals surface area contributed by atoms with Gasteiger partial charge in [0.15, 0.2) is 0 Å². The first kappa shape index (κ1) is 42.1. The lowest BCUT2D eigenvalue weighted by Gasteiger charge is -2.13. The zero-order valence-corrected chi connectivity index (χ0v) is 31.3. The normalized spacial score (nSPS) is 11.2. The maximum atomic E-state index is 13.2. The van der Waals surface area contributed by atoms with E-state index in [0.29, 0.717) is 55.7 Å². The Labute approximate surface area is 327 Å². The highest BCUT2D eigenvalue weighted by atomic mass is 19.4. The van der Waals surface area contributed by atoms with Gasteiger partial charge in [-0.05, 0) is 90.3 Å². The molecule has 6 N–H and O–H groups in total. The molecule has 0 aliphatic heterocycles. The molecule has 0 fully saturated rings. The van der Waals surface area contributed by atoms with E-state index >= 15 is 0 Å². The van der Waals surface area contributed by atoms with Crippen LogP contribution >= 0.6 is 0 Å². The van der Waals surface area contributed by atoms with Gasteiger partial charge in [0, 0.05) is 54.5 Å². The third-order valence-electron chi connectivity index (χ3n) is 8.43. The van der Waals surface area contributed by atoms with Gasteiger partial charge >= 0.3 is 6.18 Å². The Bertz CT molecular complexity index is 2130. The second kappa shape index (κ2) is 20.7. The number of aromatic nitrogens is 2. The Morgan fingerprint density at radius 3 is 2.18 bits per heavy atom. The van der Waals surface area contributed by atoms with E-state index < -0.39 is 17.6 Å². The van der Waals surface area contributed by atoms with Crippen LogP contribution in [0, 0.1) is 6.92 Å². The molecule has 0 aliphatic rings. The molecule has 3 amide bonds. The number of carbonyl (C=O) groups excluding carboxylic acids is 3. The number of nitrogens with two attached hydrogens (primary N) is 1. The first-order valence-corrected chi connectivity index (χ1v) is 18.2. The number of nitrogens with zero attached hydrogens (tertiary/aromatic N) is 2. The summed E-state index contributed by atoms with van der Waals surface area (Å²) in [5.74, 6) is 0.0897. The number of halogens is 3. The molecule has 0 saturated carbocycles. The summed E-state index contributed by atoms with van der Waals surface area (Å²) in [6, 6.07) is 22.5. The Morgan fingerprint density at radius 2 is 1.47 bits per heavy atom. The highest BCUT2D eigenvalue weighted by Crippen LogP contribution is 2.31. The summed E-state index contributed by atoms with van der Waals surface area (Å²) in [6.07, 6.45) is -2.40. The van der Waals surface area contributed by atoms with E-state index in [4.69, 9.17) is 19.9 Å². The number of carbonyl (C=O) groups is 3. The van der Waals surface area contributed by atoms with E-state index in [1.807, 2.05) is 43.3 Å². The second-order valence-electron chi connectivity index (χ2n) is 12.7. The van der Waals surface area contributed by atoms with Crippen LogP contribution in [0.25, 0.3) is 22.0 Å². The predicted molar refractivity (Wildman–Crippen MR) is 210 cm³/mol. The molecular formula is C41H44F3N7O6. The molecule has 5 aromatic rings. The van der Waals surface area contributed by atoms with Crippen molar-refractivity contribution in [2.45, 2.75) is 25.9 Å². The highest BCUT2D eigenvalue weighted by molar-refractivity contribution is 6.04. The van der Waals surface area contributed by atoms with Gasteiger partial charge in [-0.1, -0.05) is 18.2 Å². The van der Waals surface area contributed by atoms with Crippen molar-refractivity contribution in [1.29, 1.82) is 0 Å². The number of alkyl halides is 3. The van der Waals surface area contributed by atoms with Crippen molar-refractivity contribution in [3.05, 3.63) is 108 Å². The van der Waals surface area contributed by atoms with Gasteiger partial charge in [-0.2, -0.15) is 13.2 Å². The fourth-order valence-corrected chi connectivity index (χ4v) is 5.47. The fraction of sp³-hybridized carbons (Fsp3) is 0.293. The van der Waals surface area contributed by atoms with Gasteiger partial charge in [-0.15, -0.1) is 0 Å². The van der Waals surface area contributed by atoms with Crippen molar-refractivity contribution in [2.75, 3.05) is 63.3 Å². The van der Waals surface area contributed by atoms with Crippen LogP contribution in [0.15, 0.2) is 91.1 Å². The van der Waals surface area contributed by atoms with Gasteiger partial charge in [-0.25, -0.2) is 9.97 Å². The number of hydrogen-bond acceptors (Lipinski definition) is 10. The smallest absolute Gasteiger partial charge is 0.416 e. The molecule has 300 valence electrons. The summed E-state index contributed by atoms with van der Waals surface area (Å²) >= 11 is 0. The molecule has 0 radical (unpaired) electrons. The topological polar surface area (TPSA) is 179 Å². The van der Waals surface area contributed by atoms with E-state index in [2.05, 4.69) is 31.2 Å². The van der Waals surface area contributed by atoms with Crippen molar-refractivity contribution in [3.63, 3.8) is 0 Å². The number of anilines is 3. The van der Waals surface area contributed by atoms with Gasteiger partial charge in [0.2, 0.25) is 17.8 Å². The maximum absolute atomic E-state index is 13.2. The Morgan fingerprint density at radius 1 is 0.772 bits per heavy atom. The second-order valence-corrected chi connectivity index (χ2v) is 12.7. The van der Waals surface area contributed by atoms with Gasteiger partial charge in [0.25, 0.3) is 5.91 Å². The van der Waals surface area contributed by atoms with Crippen molar-refractivity contribution in [3.8, 4) is 16.9 Å². The number of rotatable bonds is 20. The van der Waals surface area contributed by atoms with Crippen LogP contribution in [-0.4, -0.2) is 80.4 Å². The lowest BCUT2D eigenvalue weighted by molar-refractivity contribution is -0.137. The van der Waals surface area contributed by atoms with Gasteiger partial charge < -0.3 is 41.2 Å². The summed E-state index contributed by atoms with van der Waals surface area (Å²) in [6.45, 7) is 4.54. The number of hydrogen-bond donors (Lipinski definition) is 5. The number of ether oxygens (including phenoxy) is 3. The quantitative estimate of drug-likeness (QED) is 0.0588. The van der Waals surface area contributed by atoms with Gasteiger partial charge in [0.1, 0.15) is 12.4 Å². The zero-order valence-electron chi connectivity index (χ0n) is 31.3. The summed E-state index contributed by atoms with van der Waals surface area (Å²) in [7, 11) is 0. The average molecular weight is 788 g/mol. The highest BCUT2D eigenvalue weighted by Gasteiger charge is 2.31. The van der Waals surface area contributed by atoms with Crippen LogP contribution in [0.3, 0.4) is 0 Å². The van der Waals surface area contributed by atoms with Gasteiger partial charge in [0.05, 0.1) is 44.1 Å². The molecule has 0 atom stereocenters. The Hall–Kier alpha value is -6.10. The molecular weight excluding hydrogens is 743 g/mol. The molecule has 13 nitrogen and oxygen atoms in total. The van der Waals surface area contributed by atoms with Crippen LogP contribution in [0.1, 0.15) is 34.3 Å². The fourth-order valence-electron chi connectivity index (χ4n) is 5.47. The molecule has 0 bridgehead atoms. The lowest BCUT2D eigenvalue weighted by atomic mass is 9.98. The van der Waals surface area contributed by atoms with Gasteiger partial charge in [-0.3, -0.25) is 14.4 Å².